The van der Waals surface area contributed by atoms with Crippen molar-refractivity contribution in [2.45, 2.75) is 19.3 Å². The fourth-order valence-electron chi connectivity index (χ4n) is 2.89. The first-order valence-electron chi connectivity index (χ1n) is 7.29. The van der Waals surface area contributed by atoms with Gasteiger partial charge < -0.3 is 10.6 Å². The molecule has 2 aromatic rings. The third kappa shape index (κ3) is 3.53. The van der Waals surface area contributed by atoms with Crippen LogP contribution in [-0.4, -0.2) is 23.1 Å². The molecule has 0 unspecified atom stereocenters. The average Bonchev–Trinajstić information content (AvgIpc) is 2.52. The molecule has 0 saturated carbocycles. The minimum Gasteiger partial charge on any atom is -0.368 e. The van der Waals surface area contributed by atoms with E-state index in [9.17, 15) is 0 Å². The second-order valence-electron chi connectivity index (χ2n) is 5.52. The molecule has 1 saturated heterocycles. The van der Waals surface area contributed by atoms with Crippen LogP contribution in [0.1, 0.15) is 18.4 Å². The highest BCUT2D eigenvalue weighted by atomic mass is 79.9. The maximum atomic E-state index is 5.69. The summed E-state index contributed by atoms with van der Waals surface area (Å²) < 4.78 is 0.915. The monoisotopic (exact) mass is 346 g/mol. The maximum Gasteiger partial charge on any atom is 0.222 e. The number of nitrogen functional groups attached to an aromatic ring is 1. The predicted octanol–water partition coefficient (Wildman–Crippen LogP) is 3.28. The van der Waals surface area contributed by atoms with Crippen molar-refractivity contribution < 1.29 is 0 Å². The van der Waals surface area contributed by atoms with E-state index in [-0.39, 0.29) is 0 Å². The molecule has 1 aliphatic rings. The zero-order chi connectivity index (χ0) is 14.7. The Labute approximate surface area is 133 Å². The molecule has 5 heteroatoms. The van der Waals surface area contributed by atoms with Crippen molar-refractivity contribution in [3.05, 3.63) is 46.6 Å². The van der Waals surface area contributed by atoms with Crippen molar-refractivity contribution in [2.75, 3.05) is 23.7 Å². The summed E-state index contributed by atoms with van der Waals surface area (Å²) in [5, 5.41) is 0. The summed E-state index contributed by atoms with van der Waals surface area (Å²) in [6.07, 6.45) is 5.27. The Morgan fingerprint density at radius 3 is 2.62 bits per heavy atom. The minimum atomic E-state index is 0.333. The number of anilines is 2. The molecule has 0 bridgehead atoms. The summed E-state index contributed by atoms with van der Waals surface area (Å²) in [5.74, 6) is 2.00. The predicted molar refractivity (Wildman–Crippen MR) is 89.2 cm³/mol. The van der Waals surface area contributed by atoms with Gasteiger partial charge in [0.25, 0.3) is 0 Å². The van der Waals surface area contributed by atoms with E-state index in [1.54, 1.807) is 6.20 Å². The molecule has 2 heterocycles. The van der Waals surface area contributed by atoms with Gasteiger partial charge in [0.1, 0.15) is 5.82 Å². The van der Waals surface area contributed by atoms with Crippen molar-refractivity contribution >= 4 is 27.7 Å². The number of hydrogen-bond donors (Lipinski definition) is 1. The van der Waals surface area contributed by atoms with Crippen molar-refractivity contribution in [3.63, 3.8) is 0 Å². The second kappa shape index (κ2) is 6.43. The fraction of sp³-hybridized carbons (Fsp3) is 0.375. The Bertz CT molecular complexity index is 594. The largest absolute Gasteiger partial charge is 0.368 e. The van der Waals surface area contributed by atoms with Crippen LogP contribution in [0.15, 0.2) is 41.0 Å². The van der Waals surface area contributed by atoms with E-state index < -0.39 is 0 Å². The summed E-state index contributed by atoms with van der Waals surface area (Å²) in [6.45, 7) is 2.04. The third-order valence-electron chi connectivity index (χ3n) is 4.03. The van der Waals surface area contributed by atoms with E-state index in [4.69, 9.17) is 5.73 Å². The number of hydrogen-bond acceptors (Lipinski definition) is 4. The Hall–Kier alpha value is -1.62. The molecule has 0 atom stereocenters. The summed E-state index contributed by atoms with van der Waals surface area (Å²) in [6, 6.07) is 10.7. The minimum absolute atomic E-state index is 0.333. The van der Waals surface area contributed by atoms with Crippen LogP contribution in [0.25, 0.3) is 0 Å². The number of nitrogens with zero attached hydrogens (tertiary/aromatic N) is 3. The van der Waals surface area contributed by atoms with Gasteiger partial charge in [-0.25, -0.2) is 4.98 Å². The standard InChI is InChI=1S/C16H19BrN4/c17-14-11-19-16(18)20-15(14)21-8-6-13(7-9-21)10-12-4-2-1-3-5-12/h1-5,11,13H,6-10H2,(H2,18,19,20). The van der Waals surface area contributed by atoms with Crippen LogP contribution in [0.5, 0.6) is 0 Å². The van der Waals surface area contributed by atoms with E-state index in [0.29, 0.717) is 5.95 Å². The molecule has 1 aromatic heterocycles. The van der Waals surface area contributed by atoms with Crippen LogP contribution >= 0.6 is 15.9 Å². The Morgan fingerprint density at radius 1 is 1.19 bits per heavy atom. The van der Waals surface area contributed by atoms with E-state index >= 15 is 0 Å². The normalized spacial score (nSPS) is 16.1. The molecule has 0 aliphatic carbocycles. The first-order chi connectivity index (χ1) is 10.2. The number of piperidine rings is 1. The average molecular weight is 347 g/mol. The third-order valence-corrected chi connectivity index (χ3v) is 4.58. The smallest absolute Gasteiger partial charge is 0.222 e. The highest BCUT2D eigenvalue weighted by molar-refractivity contribution is 9.10. The topological polar surface area (TPSA) is 55.0 Å². The Morgan fingerprint density at radius 2 is 1.90 bits per heavy atom. The number of benzene rings is 1. The number of aromatic nitrogens is 2. The molecule has 4 nitrogen and oxygen atoms in total. The molecule has 1 aromatic carbocycles. The van der Waals surface area contributed by atoms with Crippen LogP contribution in [-0.2, 0) is 6.42 Å². The molecular formula is C16H19BrN4. The van der Waals surface area contributed by atoms with Gasteiger partial charge in [-0.15, -0.1) is 0 Å². The van der Waals surface area contributed by atoms with Crippen LogP contribution in [0, 0.1) is 5.92 Å². The van der Waals surface area contributed by atoms with Crippen LogP contribution < -0.4 is 10.6 Å². The molecule has 110 valence electrons. The van der Waals surface area contributed by atoms with Gasteiger partial charge >= 0.3 is 0 Å². The fourth-order valence-corrected chi connectivity index (χ4v) is 3.33. The maximum absolute atomic E-state index is 5.69. The lowest BCUT2D eigenvalue weighted by Crippen LogP contribution is -2.35. The van der Waals surface area contributed by atoms with Gasteiger partial charge in [-0.1, -0.05) is 30.3 Å². The highest BCUT2D eigenvalue weighted by Crippen LogP contribution is 2.29. The molecule has 0 amide bonds. The lowest BCUT2D eigenvalue weighted by Gasteiger charge is -2.33. The van der Waals surface area contributed by atoms with Crippen LogP contribution in [0.4, 0.5) is 11.8 Å². The zero-order valence-corrected chi connectivity index (χ0v) is 13.5. The first kappa shape index (κ1) is 14.3. The summed E-state index contributed by atoms with van der Waals surface area (Å²) in [7, 11) is 0. The lowest BCUT2D eigenvalue weighted by atomic mass is 9.90. The van der Waals surface area contributed by atoms with Crippen LogP contribution in [0.2, 0.25) is 0 Å². The van der Waals surface area contributed by atoms with Gasteiger partial charge in [0.15, 0.2) is 0 Å². The molecule has 21 heavy (non-hydrogen) atoms. The highest BCUT2D eigenvalue weighted by Gasteiger charge is 2.22. The van der Waals surface area contributed by atoms with Crippen molar-refractivity contribution in [1.29, 1.82) is 0 Å². The van der Waals surface area contributed by atoms with Gasteiger partial charge in [0.2, 0.25) is 5.95 Å². The quantitative estimate of drug-likeness (QED) is 0.926. The van der Waals surface area contributed by atoms with Gasteiger partial charge in [-0.2, -0.15) is 4.98 Å². The second-order valence-corrected chi connectivity index (χ2v) is 6.37. The van der Waals surface area contributed by atoms with E-state index in [1.165, 1.54) is 24.8 Å². The van der Waals surface area contributed by atoms with Crippen LogP contribution in [0.3, 0.4) is 0 Å². The zero-order valence-electron chi connectivity index (χ0n) is 11.9. The first-order valence-corrected chi connectivity index (χ1v) is 8.08. The van der Waals surface area contributed by atoms with E-state index in [0.717, 1.165) is 29.3 Å². The number of rotatable bonds is 3. The molecule has 1 fully saturated rings. The van der Waals surface area contributed by atoms with Gasteiger partial charge in [0.05, 0.1) is 4.47 Å². The molecule has 0 radical (unpaired) electrons. The van der Waals surface area contributed by atoms with Crippen molar-refractivity contribution in [2.24, 2.45) is 5.92 Å². The summed E-state index contributed by atoms with van der Waals surface area (Å²) in [5.41, 5.74) is 7.13. The van der Waals surface area contributed by atoms with Crippen molar-refractivity contribution in [1.82, 2.24) is 9.97 Å². The molecule has 3 rings (SSSR count). The Kier molecular flexibility index (Phi) is 4.39. The molecule has 1 aliphatic heterocycles. The summed E-state index contributed by atoms with van der Waals surface area (Å²) >= 11 is 3.51. The lowest BCUT2D eigenvalue weighted by molar-refractivity contribution is 0.402. The van der Waals surface area contributed by atoms with Gasteiger partial charge in [0, 0.05) is 19.3 Å². The van der Waals surface area contributed by atoms with E-state index in [2.05, 4.69) is 61.1 Å². The number of nitrogens with two attached hydrogens (primary N) is 1. The van der Waals surface area contributed by atoms with Gasteiger partial charge in [-0.05, 0) is 46.7 Å². The molecule has 2 N–H and O–H groups in total. The molecular weight excluding hydrogens is 328 g/mol. The van der Waals surface area contributed by atoms with E-state index in [1.807, 2.05) is 0 Å². The summed E-state index contributed by atoms with van der Waals surface area (Å²) in [4.78, 5) is 10.6. The molecule has 0 spiro atoms. The SMILES string of the molecule is Nc1ncc(Br)c(N2CCC(Cc3ccccc3)CC2)n1. The number of halogens is 1. The van der Waals surface area contributed by atoms with Crippen molar-refractivity contribution in [3.8, 4) is 0 Å². The Balaban J connectivity index is 1.61. The van der Waals surface area contributed by atoms with Gasteiger partial charge in [-0.3, -0.25) is 0 Å².